The summed E-state index contributed by atoms with van der Waals surface area (Å²) in [5.41, 5.74) is 0.344. The van der Waals surface area contributed by atoms with E-state index in [-0.39, 0.29) is 30.4 Å². The van der Waals surface area contributed by atoms with Crippen molar-refractivity contribution in [2.24, 2.45) is 0 Å². The van der Waals surface area contributed by atoms with E-state index in [0.717, 1.165) is 37.7 Å². The number of rotatable bonds is 4. The summed E-state index contributed by atoms with van der Waals surface area (Å²) in [5, 5.41) is 12.8. The molecule has 2 fully saturated rings. The third-order valence-electron chi connectivity index (χ3n) is 5.60. The van der Waals surface area contributed by atoms with Gasteiger partial charge < -0.3 is 15.3 Å². The van der Waals surface area contributed by atoms with E-state index in [2.05, 4.69) is 5.32 Å². The maximum atomic E-state index is 13.8. The van der Waals surface area contributed by atoms with Gasteiger partial charge in [-0.05, 0) is 49.7 Å². The quantitative estimate of drug-likeness (QED) is 0.896. The van der Waals surface area contributed by atoms with E-state index in [1.165, 1.54) is 6.07 Å². The van der Waals surface area contributed by atoms with Crippen molar-refractivity contribution >= 4 is 6.03 Å². The fourth-order valence-corrected chi connectivity index (χ4v) is 3.95. The van der Waals surface area contributed by atoms with Crippen LogP contribution in [0.5, 0.6) is 0 Å². The molecule has 0 aromatic heterocycles. The van der Waals surface area contributed by atoms with Gasteiger partial charge in [0.2, 0.25) is 0 Å². The molecule has 1 saturated carbocycles. The van der Waals surface area contributed by atoms with Crippen LogP contribution in [0.3, 0.4) is 0 Å². The van der Waals surface area contributed by atoms with E-state index in [9.17, 15) is 14.3 Å². The fraction of sp³-hybridized carbons (Fsp3) is 0.611. The molecule has 1 saturated heterocycles. The third-order valence-corrected chi connectivity index (χ3v) is 5.60. The van der Waals surface area contributed by atoms with Gasteiger partial charge in [-0.1, -0.05) is 25.1 Å². The van der Waals surface area contributed by atoms with Gasteiger partial charge >= 0.3 is 6.03 Å². The first-order chi connectivity index (χ1) is 11.1. The Kier molecular flexibility index (Phi) is 4.57. The van der Waals surface area contributed by atoms with Crippen LogP contribution in [-0.4, -0.2) is 40.8 Å². The third kappa shape index (κ3) is 2.94. The normalized spacial score (nSPS) is 30.1. The summed E-state index contributed by atoms with van der Waals surface area (Å²) in [4.78, 5) is 14.3. The van der Waals surface area contributed by atoms with Gasteiger partial charge in [-0.25, -0.2) is 9.18 Å². The van der Waals surface area contributed by atoms with Crippen LogP contribution in [-0.2, 0) is 0 Å². The maximum absolute atomic E-state index is 13.8. The van der Waals surface area contributed by atoms with Crippen LogP contribution in [0.1, 0.15) is 50.5 Å². The van der Waals surface area contributed by atoms with Crippen LogP contribution in [0.25, 0.3) is 0 Å². The lowest BCUT2D eigenvalue weighted by atomic mass is 9.75. The Hall–Kier alpha value is -1.62. The van der Waals surface area contributed by atoms with E-state index in [1.54, 1.807) is 11.0 Å². The topological polar surface area (TPSA) is 52.6 Å². The smallest absolute Gasteiger partial charge is 0.318 e. The Balaban J connectivity index is 1.56. The molecular formula is C18H25FN2O2. The summed E-state index contributed by atoms with van der Waals surface area (Å²) >= 11 is 0. The molecule has 1 atom stereocenters. The molecule has 126 valence electrons. The van der Waals surface area contributed by atoms with Crippen LogP contribution in [0.4, 0.5) is 9.18 Å². The maximum Gasteiger partial charge on any atom is 0.318 e. The fourth-order valence-electron chi connectivity index (χ4n) is 3.95. The number of benzene rings is 1. The molecule has 5 heteroatoms. The first-order valence-electron chi connectivity index (χ1n) is 8.53. The summed E-state index contributed by atoms with van der Waals surface area (Å²) < 4.78 is 13.8. The van der Waals surface area contributed by atoms with Crippen molar-refractivity contribution in [1.29, 1.82) is 0 Å². The zero-order valence-electron chi connectivity index (χ0n) is 13.6. The first-order valence-corrected chi connectivity index (χ1v) is 8.53. The number of nitrogens with one attached hydrogen (secondary N) is 1. The number of carbonyl (C=O) groups excluding carboxylic acids is 1. The predicted molar refractivity (Wildman–Crippen MR) is 86.7 cm³/mol. The number of aliphatic hydroxyl groups excluding tert-OH is 1. The number of nitrogens with zero attached hydrogens (tertiary/aromatic N) is 1. The molecule has 0 spiro atoms. The van der Waals surface area contributed by atoms with Gasteiger partial charge in [0.1, 0.15) is 5.82 Å². The van der Waals surface area contributed by atoms with E-state index in [4.69, 9.17) is 0 Å². The van der Waals surface area contributed by atoms with Crippen LogP contribution in [0, 0.1) is 5.82 Å². The highest BCUT2D eigenvalue weighted by Crippen LogP contribution is 2.38. The standard InChI is InChI=1S/C18H25FN2O2/c1-2-18(12-22)8-5-9-21(18)17(23)20-14-10-13(11-14)15-6-3-4-7-16(15)19/h3-4,6-7,13-14,22H,2,5,8-12H2,1H3,(H,20,23). The Morgan fingerprint density at radius 1 is 1.43 bits per heavy atom. The van der Waals surface area contributed by atoms with Crippen molar-refractivity contribution in [3.63, 3.8) is 0 Å². The molecule has 1 aliphatic carbocycles. The Labute approximate surface area is 136 Å². The highest BCUT2D eigenvalue weighted by atomic mass is 19.1. The molecule has 1 aliphatic heterocycles. The van der Waals surface area contributed by atoms with Gasteiger partial charge in [0.05, 0.1) is 12.1 Å². The van der Waals surface area contributed by atoms with Crippen LogP contribution >= 0.6 is 0 Å². The highest BCUT2D eigenvalue weighted by Gasteiger charge is 2.43. The Morgan fingerprint density at radius 3 is 2.83 bits per heavy atom. The summed E-state index contributed by atoms with van der Waals surface area (Å²) in [6, 6.07) is 6.88. The van der Waals surface area contributed by atoms with E-state index in [1.807, 2.05) is 19.1 Å². The molecule has 23 heavy (non-hydrogen) atoms. The van der Waals surface area contributed by atoms with E-state index in [0.29, 0.717) is 6.54 Å². The number of aliphatic hydroxyl groups is 1. The second kappa shape index (κ2) is 6.48. The molecule has 1 heterocycles. The Bertz CT molecular complexity index is 568. The number of halogens is 1. The minimum atomic E-state index is -0.404. The summed E-state index contributed by atoms with van der Waals surface area (Å²) in [6.45, 7) is 2.72. The zero-order chi connectivity index (χ0) is 16.4. The minimum Gasteiger partial charge on any atom is -0.394 e. The number of carbonyl (C=O) groups is 1. The zero-order valence-corrected chi connectivity index (χ0v) is 13.6. The second-order valence-electron chi connectivity index (χ2n) is 6.83. The molecule has 3 rings (SSSR count). The summed E-state index contributed by atoms with van der Waals surface area (Å²) in [7, 11) is 0. The molecule has 1 aromatic rings. The van der Waals surface area contributed by atoms with Crippen molar-refractivity contribution in [3.8, 4) is 0 Å². The number of hydrogen-bond donors (Lipinski definition) is 2. The molecule has 1 aromatic carbocycles. The average molecular weight is 320 g/mol. The number of hydrogen-bond acceptors (Lipinski definition) is 2. The van der Waals surface area contributed by atoms with Crippen molar-refractivity contribution in [2.45, 2.75) is 56.5 Å². The molecule has 2 N–H and O–H groups in total. The number of amides is 2. The Morgan fingerprint density at radius 2 is 2.17 bits per heavy atom. The van der Waals surface area contributed by atoms with Gasteiger partial charge in [0.25, 0.3) is 0 Å². The molecule has 0 bridgehead atoms. The molecule has 2 amide bonds. The van der Waals surface area contributed by atoms with Crippen LogP contribution < -0.4 is 5.32 Å². The van der Waals surface area contributed by atoms with Crippen LogP contribution in [0.15, 0.2) is 24.3 Å². The highest BCUT2D eigenvalue weighted by molar-refractivity contribution is 5.76. The van der Waals surface area contributed by atoms with Gasteiger partial charge in [-0.15, -0.1) is 0 Å². The predicted octanol–water partition coefficient (Wildman–Crippen LogP) is 3.02. The van der Waals surface area contributed by atoms with E-state index >= 15 is 0 Å². The molecule has 4 nitrogen and oxygen atoms in total. The first kappa shape index (κ1) is 16.2. The lowest BCUT2D eigenvalue weighted by molar-refractivity contribution is 0.0774. The largest absolute Gasteiger partial charge is 0.394 e. The lowest BCUT2D eigenvalue weighted by Gasteiger charge is -2.41. The minimum absolute atomic E-state index is 0.0133. The molecule has 0 radical (unpaired) electrons. The number of likely N-dealkylation sites (tertiary alicyclic amines) is 1. The SMILES string of the molecule is CCC1(CO)CCCN1C(=O)NC1CC(c2ccccc2F)C1. The van der Waals surface area contributed by atoms with Crippen molar-refractivity contribution in [2.75, 3.05) is 13.2 Å². The summed E-state index contributed by atoms with van der Waals surface area (Å²) in [6.07, 6.45) is 4.11. The van der Waals surface area contributed by atoms with Crippen molar-refractivity contribution in [3.05, 3.63) is 35.6 Å². The summed E-state index contributed by atoms with van der Waals surface area (Å²) in [5.74, 6) is 0.0287. The molecule has 1 unspecified atom stereocenters. The lowest BCUT2D eigenvalue weighted by Crippen LogP contribution is -2.56. The van der Waals surface area contributed by atoms with Gasteiger partial charge in [0.15, 0.2) is 0 Å². The van der Waals surface area contributed by atoms with Gasteiger partial charge in [-0.2, -0.15) is 0 Å². The molecule has 2 aliphatic rings. The van der Waals surface area contributed by atoms with Crippen molar-refractivity contribution in [1.82, 2.24) is 10.2 Å². The number of urea groups is 1. The van der Waals surface area contributed by atoms with Crippen molar-refractivity contribution < 1.29 is 14.3 Å². The second-order valence-corrected chi connectivity index (χ2v) is 6.83. The monoisotopic (exact) mass is 320 g/mol. The van der Waals surface area contributed by atoms with Gasteiger partial charge in [0, 0.05) is 12.6 Å². The molecular weight excluding hydrogens is 295 g/mol. The average Bonchev–Trinajstić information content (AvgIpc) is 2.96. The van der Waals surface area contributed by atoms with E-state index < -0.39 is 5.54 Å². The van der Waals surface area contributed by atoms with Gasteiger partial charge in [-0.3, -0.25) is 0 Å². The van der Waals surface area contributed by atoms with Crippen LogP contribution in [0.2, 0.25) is 0 Å².